The summed E-state index contributed by atoms with van der Waals surface area (Å²) in [5.41, 5.74) is 0.474. The third-order valence-corrected chi connectivity index (χ3v) is 6.17. The lowest BCUT2D eigenvalue weighted by atomic mass is 9.96. The summed E-state index contributed by atoms with van der Waals surface area (Å²) in [6.07, 6.45) is 1.38. The molecule has 1 amide bonds. The van der Waals surface area contributed by atoms with Gasteiger partial charge in [-0.1, -0.05) is 0 Å². The number of carbonyl (C=O) groups excluding carboxylic acids is 2. The number of nitrogens with zero attached hydrogens (tertiary/aromatic N) is 2. The number of hydrogen-bond donors (Lipinski definition) is 0. The fourth-order valence-corrected chi connectivity index (χ4v) is 4.32. The predicted octanol–water partition coefficient (Wildman–Crippen LogP) is 1.19. The SMILES string of the molecule is COC(=O)c1ccc(OC2CO[C@H]3CN(C(=O)C4CCN(C)CC4)C[C@@H]3OC2)cc1. The Bertz CT molecular complexity index is 730. The number of esters is 1. The minimum absolute atomic E-state index is 0.115. The van der Waals surface area contributed by atoms with Crippen molar-refractivity contribution in [2.45, 2.75) is 31.2 Å². The van der Waals surface area contributed by atoms with Crippen molar-refractivity contribution in [2.24, 2.45) is 5.92 Å². The van der Waals surface area contributed by atoms with Crippen LogP contribution in [-0.2, 0) is 19.0 Å². The molecule has 0 radical (unpaired) electrons. The van der Waals surface area contributed by atoms with E-state index in [0.29, 0.717) is 37.6 Å². The standard InChI is InChI=1S/C22H30N2O6/c1-23-9-7-15(8-10-23)21(25)24-11-19-20(12-24)29-14-18(13-28-19)30-17-5-3-16(4-6-17)22(26)27-2/h3-6,15,18-20H,7-14H2,1-2H3/t19-,20-/m0/s1. The second kappa shape index (κ2) is 9.32. The van der Waals surface area contributed by atoms with Crippen LogP contribution in [0.2, 0.25) is 0 Å². The first kappa shape index (κ1) is 21.1. The van der Waals surface area contributed by atoms with Gasteiger partial charge in [-0.25, -0.2) is 4.79 Å². The van der Waals surface area contributed by atoms with Gasteiger partial charge in [-0.3, -0.25) is 4.79 Å². The van der Waals surface area contributed by atoms with Gasteiger partial charge < -0.3 is 28.7 Å². The van der Waals surface area contributed by atoms with E-state index in [0.717, 1.165) is 25.9 Å². The maximum atomic E-state index is 12.9. The van der Waals surface area contributed by atoms with Gasteiger partial charge in [-0.15, -0.1) is 0 Å². The average Bonchev–Trinajstić information content (AvgIpc) is 3.09. The van der Waals surface area contributed by atoms with E-state index in [-0.39, 0.29) is 36.1 Å². The molecule has 0 spiro atoms. The molecular formula is C22H30N2O6. The van der Waals surface area contributed by atoms with E-state index in [1.807, 2.05) is 4.90 Å². The van der Waals surface area contributed by atoms with Crippen LogP contribution in [-0.4, -0.2) is 93.5 Å². The molecule has 0 aromatic heterocycles. The van der Waals surface area contributed by atoms with Gasteiger partial charge in [-0.05, 0) is 57.2 Å². The molecule has 164 valence electrons. The topological polar surface area (TPSA) is 77.5 Å². The maximum Gasteiger partial charge on any atom is 0.337 e. The number of amides is 1. The number of methoxy groups -OCH3 is 1. The summed E-state index contributed by atoms with van der Waals surface area (Å²) in [6, 6.07) is 6.81. The lowest BCUT2D eigenvalue weighted by Crippen LogP contribution is -2.41. The number of carbonyl (C=O) groups is 2. The third kappa shape index (κ3) is 4.77. The van der Waals surface area contributed by atoms with Crippen molar-refractivity contribution < 1.29 is 28.5 Å². The third-order valence-electron chi connectivity index (χ3n) is 6.17. The number of ether oxygens (including phenoxy) is 4. The molecule has 8 heteroatoms. The van der Waals surface area contributed by atoms with Gasteiger partial charge >= 0.3 is 5.97 Å². The molecule has 0 bridgehead atoms. The van der Waals surface area contributed by atoms with Crippen molar-refractivity contribution in [3.8, 4) is 5.75 Å². The predicted molar refractivity (Wildman–Crippen MR) is 108 cm³/mol. The summed E-state index contributed by atoms with van der Waals surface area (Å²) in [7, 11) is 3.45. The number of piperidine rings is 1. The quantitative estimate of drug-likeness (QED) is 0.680. The summed E-state index contributed by atoms with van der Waals surface area (Å²) in [5, 5.41) is 0. The van der Waals surface area contributed by atoms with Crippen LogP contribution in [0, 0.1) is 5.92 Å². The summed E-state index contributed by atoms with van der Waals surface area (Å²) >= 11 is 0. The monoisotopic (exact) mass is 418 g/mol. The molecule has 0 saturated carbocycles. The van der Waals surface area contributed by atoms with Crippen LogP contribution in [0.5, 0.6) is 5.75 Å². The van der Waals surface area contributed by atoms with Crippen molar-refractivity contribution in [3.63, 3.8) is 0 Å². The van der Waals surface area contributed by atoms with Crippen LogP contribution in [0.1, 0.15) is 23.2 Å². The highest BCUT2D eigenvalue weighted by atomic mass is 16.6. The van der Waals surface area contributed by atoms with Crippen molar-refractivity contribution in [1.82, 2.24) is 9.80 Å². The van der Waals surface area contributed by atoms with E-state index < -0.39 is 0 Å². The van der Waals surface area contributed by atoms with Gasteiger partial charge in [0.15, 0.2) is 0 Å². The number of hydrogen-bond acceptors (Lipinski definition) is 7. The number of fused-ring (bicyclic) bond motifs is 1. The molecule has 0 aliphatic carbocycles. The zero-order valence-electron chi connectivity index (χ0n) is 17.6. The minimum atomic E-state index is -0.380. The fourth-order valence-electron chi connectivity index (χ4n) is 4.32. The molecule has 8 nitrogen and oxygen atoms in total. The van der Waals surface area contributed by atoms with Crippen LogP contribution >= 0.6 is 0 Å². The van der Waals surface area contributed by atoms with Crippen molar-refractivity contribution in [3.05, 3.63) is 29.8 Å². The fraction of sp³-hybridized carbons (Fsp3) is 0.636. The highest BCUT2D eigenvalue weighted by Crippen LogP contribution is 2.26. The molecule has 2 atom stereocenters. The molecule has 1 aromatic rings. The zero-order chi connectivity index (χ0) is 21.1. The summed E-state index contributed by atoms with van der Waals surface area (Å²) < 4.78 is 22.8. The van der Waals surface area contributed by atoms with Gasteiger partial charge in [0.1, 0.15) is 24.1 Å². The van der Waals surface area contributed by atoms with Gasteiger partial charge in [0, 0.05) is 19.0 Å². The molecule has 3 fully saturated rings. The molecular weight excluding hydrogens is 388 g/mol. The smallest absolute Gasteiger partial charge is 0.337 e. The van der Waals surface area contributed by atoms with E-state index in [1.165, 1.54) is 7.11 Å². The number of benzene rings is 1. The van der Waals surface area contributed by atoms with E-state index in [4.69, 9.17) is 18.9 Å². The molecule has 0 unspecified atom stereocenters. The second-order valence-electron chi connectivity index (χ2n) is 8.32. The van der Waals surface area contributed by atoms with Gasteiger partial charge in [0.2, 0.25) is 5.91 Å². The van der Waals surface area contributed by atoms with Gasteiger partial charge in [-0.2, -0.15) is 0 Å². The first-order valence-electron chi connectivity index (χ1n) is 10.6. The number of likely N-dealkylation sites (tertiary alicyclic amines) is 2. The average molecular weight is 418 g/mol. The summed E-state index contributed by atoms with van der Waals surface area (Å²) in [6.45, 7) is 3.91. The Kier molecular flexibility index (Phi) is 6.55. The van der Waals surface area contributed by atoms with Crippen LogP contribution in [0.25, 0.3) is 0 Å². The Balaban J connectivity index is 1.27. The molecule has 30 heavy (non-hydrogen) atoms. The lowest BCUT2D eigenvalue weighted by molar-refractivity contribution is -0.136. The Morgan fingerprint density at radius 1 is 1.00 bits per heavy atom. The maximum absolute atomic E-state index is 12.9. The molecule has 3 aliphatic rings. The molecule has 4 rings (SSSR count). The normalized spacial score (nSPS) is 26.1. The summed E-state index contributed by atoms with van der Waals surface area (Å²) in [5.74, 6) is 0.621. The Hall–Kier alpha value is -2.16. The largest absolute Gasteiger partial charge is 0.486 e. The Labute approximate surface area is 177 Å². The molecule has 1 aromatic carbocycles. The molecule has 0 N–H and O–H groups in total. The van der Waals surface area contributed by atoms with Gasteiger partial charge in [0.25, 0.3) is 0 Å². The van der Waals surface area contributed by atoms with Crippen LogP contribution in [0.3, 0.4) is 0 Å². The van der Waals surface area contributed by atoms with Crippen molar-refractivity contribution >= 4 is 11.9 Å². The first-order chi connectivity index (χ1) is 14.5. The van der Waals surface area contributed by atoms with Crippen molar-refractivity contribution in [1.29, 1.82) is 0 Å². The second-order valence-corrected chi connectivity index (χ2v) is 8.32. The van der Waals surface area contributed by atoms with E-state index in [2.05, 4.69) is 11.9 Å². The molecule has 3 heterocycles. The molecule has 3 saturated heterocycles. The van der Waals surface area contributed by atoms with Crippen LogP contribution in [0.4, 0.5) is 0 Å². The number of rotatable bonds is 4. The zero-order valence-corrected chi connectivity index (χ0v) is 17.6. The highest BCUT2D eigenvalue weighted by molar-refractivity contribution is 5.89. The van der Waals surface area contributed by atoms with E-state index >= 15 is 0 Å². The Morgan fingerprint density at radius 3 is 2.17 bits per heavy atom. The lowest BCUT2D eigenvalue weighted by Gasteiger charge is -2.31. The van der Waals surface area contributed by atoms with Crippen molar-refractivity contribution in [2.75, 3.05) is 53.6 Å². The molecule has 3 aliphatic heterocycles. The van der Waals surface area contributed by atoms with Crippen LogP contribution in [0.15, 0.2) is 24.3 Å². The Morgan fingerprint density at radius 2 is 1.60 bits per heavy atom. The minimum Gasteiger partial charge on any atom is -0.486 e. The van der Waals surface area contributed by atoms with E-state index in [1.54, 1.807) is 24.3 Å². The van der Waals surface area contributed by atoms with Crippen LogP contribution < -0.4 is 4.74 Å². The van der Waals surface area contributed by atoms with Gasteiger partial charge in [0.05, 0.1) is 25.9 Å². The van der Waals surface area contributed by atoms with E-state index in [9.17, 15) is 9.59 Å². The first-order valence-corrected chi connectivity index (χ1v) is 10.6. The highest BCUT2D eigenvalue weighted by Gasteiger charge is 2.41. The summed E-state index contributed by atoms with van der Waals surface area (Å²) in [4.78, 5) is 28.6.